The number of hydrogen-bond donors (Lipinski definition) is 4. The van der Waals surface area contributed by atoms with Gasteiger partial charge in [0.2, 0.25) is 5.95 Å². The van der Waals surface area contributed by atoms with Crippen molar-refractivity contribution in [1.29, 1.82) is 0 Å². The maximum Gasteiger partial charge on any atom is 0.280 e. The minimum absolute atomic E-state index is 0.0182. The molecule has 0 aliphatic carbocycles. The van der Waals surface area contributed by atoms with E-state index in [0.29, 0.717) is 12.2 Å². The van der Waals surface area contributed by atoms with Crippen LogP contribution in [0.2, 0.25) is 0 Å². The molecule has 2 heterocycles. The van der Waals surface area contributed by atoms with E-state index in [0.717, 1.165) is 0 Å². The van der Waals surface area contributed by atoms with Gasteiger partial charge in [-0.05, 0) is 0 Å². The molecular weight excluding hydrogens is 238 g/mol. The second kappa shape index (κ2) is 4.75. The standard InChI is InChI=1S/C10H15N5O3/c1-5(6(17)3-16)2-15-4-12-7-8(15)13-10(11)14-9(7)18/h4-6,16-17H,2-3H2,1H3,(H3,11,13,14,18)/t5-,6+/m1/s1. The third-order valence-corrected chi connectivity index (χ3v) is 2.82. The number of nitrogen functional groups attached to an aromatic ring is 1. The van der Waals surface area contributed by atoms with Gasteiger partial charge >= 0.3 is 0 Å². The summed E-state index contributed by atoms with van der Waals surface area (Å²) >= 11 is 0. The fourth-order valence-corrected chi connectivity index (χ4v) is 1.72. The van der Waals surface area contributed by atoms with Crippen molar-refractivity contribution in [3.05, 3.63) is 16.7 Å². The number of nitrogens with one attached hydrogen (secondary N) is 1. The highest BCUT2D eigenvalue weighted by Gasteiger charge is 2.16. The maximum absolute atomic E-state index is 11.5. The van der Waals surface area contributed by atoms with Crippen LogP contribution in [-0.4, -0.2) is 42.4 Å². The number of aromatic amines is 1. The normalized spacial score (nSPS) is 14.8. The number of anilines is 1. The zero-order valence-corrected chi connectivity index (χ0v) is 9.87. The summed E-state index contributed by atoms with van der Waals surface area (Å²) in [5.41, 5.74) is 5.65. The number of aliphatic hydroxyl groups is 2. The van der Waals surface area contributed by atoms with Gasteiger partial charge in [-0.15, -0.1) is 0 Å². The summed E-state index contributed by atoms with van der Waals surface area (Å²) < 4.78 is 1.63. The van der Waals surface area contributed by atoms with Crippen molar-refractivity contribution in [3.8, 4) is 0 Å². The van der Waals surface area contributed by atoms with Crippen LogP contribution < -0.4 is 11.3 Å². The van der Waals surface area contributed by atoms with E-state index in [9.17, 15) is 9.90 Å². The molecule has 5 N–H and O–H groups in total. The average molecular weight is 253 g/mol. The molecule has 0 saturated carbocycles. The number of hydrogen-bond acceptors (Lipinski definition) is 6. The SMILES string of the molecule is C[C@H](Cn1cnc2c(=O)[nH]c(N)nc21)[C@@H](O)CO. The van der Waals surface area contributed by atoms with Crippen LogP contribution in [0.15, 0.2) is 11.1 Å². The first-order chi connectivity index (χ1) is 8.52. The third-order valence-electron chi connectivity index (χ3n) is 2.82. The van der Waals surface area contributed by atoms with Crippen LogP contribution in [-0.2, 0) is 6.54 Å². The van der Waals surface area contributed by atoms with Crippen molar-refractivity contribution < 1.29 is 10.2 Å². The Morgan fingerprint density at radius 2 is 2.33 bits per heavy atom. The Balaban J connectivity index is 2.38. The van der Waals surface area contributed by atoms with Crippen LogP contribution in [0.3, 0.4) is 0 Å². The van der Waals surface area contributed by atoms with E-state index < -0.39 is 11.7 Å². The van der Waals surface area contributed by atoms with Crippen LogP contribution in [0.25, 0.3) is 11.2 Å². The summed E-state index contributed by atoms with van der Waals surface area (Å²) in [4.78, 5) is 21.9. The van der Waals surface area contributed by atoms with Crippen molar-refractivity contribution in [1.82, 2.24) is 19.5 Å². The lowest BCUT2D eigenvalue weighted by atomic mass is 10.1. The fraction of sp³-hybridized carbons (Fsp3) is 0.500. The van der Waals surface area contributed by atoms with Crippen LogP contribution in [0.4, 0.5) is 5.95 Å². The molecule has 8 heteroatoms. The van der Waals surface area contributed by atoms with Gasteiger partial charge in [-0.2, -0.15) is 4.98 Å². The van der Waals surface area contributed by atoms with Crippen LogP contribution in [0.5, 0.6) is 0 Å². The van der Waals surface area contributed by atoms with Crippen LogP contribution in [0.1, 0.15) is 6.92 Å². The molecule has 0 radical (unpaired) electrons. The van der Waals surface area contributed by atoms with Gasteiger partial charge in [0.1, 0.15) is 0 Å². The Labute approximate surface area is 102 Å². The number of aromatic nitrogens is 4. The van der Waals surface area contributed by atoms with E-state index in [1.807, 2.05) is 0 Å². The fourth-order valence-electron chi connectivity index (χ4n) is 1.72. The third kappa shape index (κ3) is 2.20. The van der Waals surface area contributed by atoms with Gasteiger partial charge in [0.15, 0.2) is 11.2 Å². The van der Waals surface area contributed by atoms with Gasteiger partial charge in [0, 0.05) is 12.5 Å². The van der Waals surface area contributed by atoms with Crippen molar-refractivity contribution in [2.24, 2.45) is 5.92 Å². The van der Waals surface area contributed by atoms with E-state index in [4.69, 9.17) is 10.8 Å². The smallest absolute Gasteiger partial charge is 0.280 e. The number of aliphatic hydroxyl groups excluding tert-OH is 2. The maximum atomic E-state index is 11.5. The number of nitrogens with two attached hydrogens (primary N) is 1. The molecule has 0 saturated heterocycles. The van der Waals surface area contributed by atoms with Crippen molar-refractivity contribution >= 4 is 17.1 Å². The summed E-state index contributed by atoms with van der Waals surface area (Å²) in [5.74, 6) is -0.181. The lowest BCUT2D eigenvalue weighted by Gasteiger charge is -2.17. The van der Waals surface area contributed by atoms with Crippen molar-refractivity contribution in [2.75, 3.05) is 12.3 Å². The molecule has 0 bridgehead atoms. The van der Waals surface area contributed by atoms with Crippen LogP contribution >= 0.6 is 0 Å². The Morgan fingerprint density at radius 1 is 1.61 bits per heavy atom. The molecular formula is C10H15N5O3. The lowest BCUT2D eigenvalue weighted by Crippen LogP contribution is -2.25. The molecule has 0 aliphatic rings. The molecule has 0 unspecified atom stereocenters. The topological polar surface area (TPSA) is 130 Å². The molecule has 2 atom stereocenters. The van der Waals surface area contributed by atoms with E-state index >= 15 is 0 Å². The van der Waals surface area contributed by atoms with Gasteiger partial charge in [-0.3, -0.25) is 9.78 Å². The molecule has 0 fully saturated rings. The van der Waals surface area contributed by atoms with E-state index in [2.05, 4.69) is 15.0 Å². The molecule has 2 aromatic heterocycles. The molecule has 0 spiro atoms. The number of H-pyrrole nitrogens is 1. The molecule has 2 rings (SSSR count). The zero-order chi connectivity index (χ0) is 13.3. The summed E-state index contributed by atoms with van der Waals surface area (Å²) in [6.07, 6.45) is 0.634. The lowest BCUT2D eigenvalue weighted by molar-refractivity contribution is 0.0476. The van der Waals surface area contributed by atoms with E-state index in [-0.39, 0.29) is 24.0 Å². The predicted octanol–water partition coefficient (Wildman–Crippen LogP) is -1.31. The van der Waals surface area contributed by atoms with Gasteiger partial charge in [-0.1, -0.05) is 6.92 Å². The second-order valence-corrected chi connectivity index (χ2v) is 4.25. The molecule has 0 amide bonds. The summed E-state index contributed by atoms with van der Waals surface area (Å²) in [6.45, 7) is 1.85. The first kappa shape index (κ1) is 12.5. The predicted molar refractivity (Wildman–Crippen MR) is 64.8 cm³/mol. The number of rotatable bonds is 4. The second-order valence-electron chi connectivity index (χ2n) is 4.25. The highest BCUT2D eigenvalue weighted by Crippen LogP contribution is 2.11. The van der Waals surface area contributed by atoms with Crippen molar-refractivity contribution in [3.63, 3.8) is 0 Å². The minimum atomic E-state index is -0.832. The van der Waals surface area contributed by atoms with E-state index in [1.54, 1.807) is 11.5 Å². The zero-order valence-electron chi connectivity index (χ0n) is 9.87. The van der Waals surface area contributed by atoms with Gasteiger partial charge in [0.25, 0.3) is 5.56 Å². The Kier molecular flexibility index (Phi) is 3.30. The quantitative estimate of drug-likeness (QED) is 0.535. The molecule has 98 valence electrons. The first-order valence-electron chi connectivity index (χ1n) is 5.52. The van der Waals surface area contributed by atoms with Crippen LogP contribution in [0, 0.1) is 5.92 Å². The monoisotopic (exact) mass is 253 g/mol. The first-order valence-corrected chi connectivity index (χ1v) is 5.52. The summed E-state index contributed by atoms with van der Waals surface area (Å²) in [6, 6.07) is 0. The van der Waals surface area contributed by atoms with Gasteiger partial charge in [0.05, 0.1) is 19.0 Å². The number of imidazole rings is 1. The summed E-state index contributed by atoms with van der Waals surface area (Å²) in [7, 11) is 0. The molecule has 2 aromatic rings. The largest absolute Gasteiger partial charge is 0.394 e. The molecule has 0 aliphatic heterocycles. The minimum Gasteiger partial charge on any atom is -0.394 e. The number of nitrogens with zero attached hydrogens (tertiary/aromatic N) is 3. The molecule has 8 nitrogen and oxygen atoms in total. The molecule has 18 heavy (non-hydrogen) atoms. The Bertz CT molecular complexity index is 605. The van der Waals surface area contributed by atoms with E-state index in [1.165, 1.54) is 6.33 Å². The van der Waals surface area contributed by atoms with Gasteiger partial charge in [-0.25, -0.2) is 4.98 Å². The number of fused-ring (bicyclic) bond motifs is 1. The molecule has 0 aromatic carbocycles. The average Bonchev–Trinajstić information content (AvgIpc) is 2.71. The Morgan fingerprint density at radius 3 is 3.00 bits per heavy atom. The Hall–Kier alpha value is -1.93. The van der Waals surface area contributed by atoms with Crippen molar-refractivity contribution in [2.45, 2.75) is 19.6 Å². The highest BCUT2D eigenvalue weighted by atomic mass is 16.3. The summed E-state index contributed by atoms with van der Waals surface area (Å²) in [5, 5.41) is 18.4. The highest BCUT2D eigenvalue weighted by molar-refractivity contribution is 5.70. The van der Waals surface area contributed by atoms with Gasteiger partial charge < -0.3 is 20.5 Å².